The van der Waals surface area contributed by atoms with Gasteiger partial charge in [-0.3, -0.25) is 14.4 Å². The van der Waals surface area contributed by atoms with Crippen LogP contribution in [0.15, 0.2) is 18.2 Å². The van der Waals surface area contributed by atoms with E-state index in [4.69, 9.17) is 9.37 Å². The van der Waals surface area contributed by atoms with E-state index in [1.807, 2.05) is 0 Å². The van der Waals surface area contributed by atoms with Crippen molar-refractivity contribution < 1.29 is 36.1 Å². The Kier molecular flexibility index (Phi) is 5.35. The standard InChI is InChI=1S/C20H18F4N4O3/c1-9-15(18(30)27-13-5-6-14(21)12(7-13)8-25)10(2)28(4)16(9)17(29)19(31)26-11(3)20(22,23)24/h5-7,11H,1-4H3,(H,26,31)(H,27,30)/t11-/m0/s1/i4D3. The van der Waals surface area contributed by atoms with Crippen molar-refractivity contribution in [2.24, 2.45) is 6.98 Å². The molecule has 0 aliphatic heterocycles. The van der Waals surface area contributed by atoms with E-state index >= 15 is 0 Å². The third-order valence-electron chi connectivity index (χ3n) is 4.48. The van der Waals surface area contributed by atoms with Crippen LogP contribution in [0.25, 0.3) is 0 Å². The molecule has 31 heavy (non-hydrogen) atoms. The van der Waals surface area contributed by atoms with Gasteiger partial charge in [-0.1, -0.05) is 0 Å². The molecule has 7 nitrogen and oxygen atoms in total. The molecule has 164 valence electrons. The van der Waals surface area contributed by atoms with Gasteiger partial charge in [0.05, 0.1) is 16.8 Å². The molecule has 11 heteroatoms. The summed E-state index contributed by atoms with van der Waals surface area (Å²) >= 11 is 0. The maximum Gasteiger partial charge on any atom is 0.408 e. The van der Waals surface area contributed by atoms with Crippen molar-refractivity contribution in [3.05, 3.63) is 52.1 Å². The number of nitrogens with zero attached hydrogens (tertiary/aromatic N) is 2. The normalized spacial score (nSPS) is 13.9. The largest absolute Gasteiger partial charge is 0.408 e. The number of halogens is 4. The lowest BCUT2D eigenvalue weighted by Gasteiger charge is -2.16. The molecule has 0 fully saturated rings. The lowest BCUT2D eigenvalue weighted by atomic mass is 10.1. The van der Waals surface area contributed by atoms with Gasteiger partial charge in [0.1, 0.15) is 17.9 Å². The highest BCUT2D eigenvalue weighted by Crippen LogP contribution is 2.24. The topological polar surface area (TPSA) is 104 Å². The number of nitrogens with one attached hydrogen (secondary N) is 2. The summed E-state index contributed by atoms with van der Waals surface area (Å²) in [6.45, 7) is -0.142. The molecular formula is C20H18F4N4O3. The van der Waals surface area contributed by atoms with Gasteiger partial charge in [0.15, 0.2) is 0 Å². The Bertz CT molecular complexity index is 1210. The number of ketones is 1. The first-order valence-electron chi connectivity index (χ1n) is 10.2. The summed E-state index contributed by atoms with van der Waals surface area (Å²) in [5.74, 6) is -5.08. The van der Waals surface area contributed by atoms with Crippen LogP contribution in [0.5, 0.6) is 0 Å². The monoisotopic (exact) mass is 441 g/mol. The van der Waals surface area contributed by atoms with Gasteiger partial charge in [-0.05, 0) is 44.5 Å². The first kappa shape index (κ1) is 19.3. The molecule has 2 amide bonds. The highest BCUT2D eigenvalue weighted by molar-refractivity contribution is 6.43. The third kappa shape index (κ3) is 4.74. The SMILES string of the molecule is [2H]C([2H])([2H])n1c(C)c(C(=O)Nc2ccc(F)c(C#N)c2)c(C)c1C(=O)C(=O)N[C@@H](C)C(F)(F)F. The lowest BCUT2D eigenvalue weighted by Crippen LogP contribution is -2.46. The zero-order valence-corrected chi connectivity index (χ0v) is 16.4. The Morgan fingerprint density at radius 1 is 1.26 bits per heavy atom. The van der Waals surface area contributed by atoms with E-state index in [0.717, 1.165) is 25.1 Å². The second-order valence-electron chi connectivity index (χ2n) is 6.60. The number of hydrogen-bond donors (Lipinski definition) is 2. The average molecular weight is 441 g/mol. The van der Waals surface area contributed by atoms with E-state index in [1.54, 1.807) is 6.07 Å². The number of carbonyl (C=O) groups is 3. The van der Waals surface area contributed by atoms with Gasteiger partial charge in [0.25, 0.3) is 17.6 Å². The van der Waals surface area contributed by atoms with Crippen molar-refractivity contribution >= 4 is 23.3 Å². The number of anilines is 1. The second-order valence-corrected chi connectivity index (χ2v) is 6.60. The molecule has 1 aromatic heterocycles. The van der Waals surface area contributed by atoms with Crippen molar-refractivity contribution in [3.8, 4) is 6.07 Å². The highest BCUT2D eigenvalue weighted by atomic mass is 19.4. The smallest absolute Gasteiger partial charge is 0.344 e. The number of hydrogen-bond acceptors (Lipinski definition) is 4. The van der Waals surface area contributed by atoms with Crippen LogP contribution in [0.2, 0.25) is 0 Å². The Labute approximate surface area is 178 Å². The number of aromatic nitrogens is 1. The molecular weight excluding hydrogens is 420 g/mol. The molecule has 0 saturated heterocycles. The number of carbonyl (C=O) groups excluding carboxylic acids is 3. The second kappa shape index (κ2) is 8.59. The molecule has 0 spiro atoms. The first-order chi connectivity index (χ1) is 15.5. The molecule has 0 aliphatic rings. The minimum Gasteiger partial charge on any atom is -0.344 e. The van der Waals surface area contributed by atoms with Crippen LogP contribution < -0.4 is 10.6 Å². The van der Waals surface area contributed by atoms with Crippen LogP contribution in [0.3, 0.4) is 0 Å². The Morgan fingerprint density at radius 2 is 1.90 bits per heavy atom. The van der Waals surface area contributed by atoms with Crippen LogP contribution in [-0.4, -0.2) is 34.4 Å². The zero-order valence-electron chi connectivity index (χ0n) is 19.4. The van der Waals surface area contributed by atoms with E-state index in [-0.39, 0.29) is 28.1 Å². The summed E-state index contributed by atoms with van der Waals surface area (Å²) in [7, 11) is 0. The maximum atomic E-state index is 13.5. The van der Waals surface area contributed by atoms with Crippen LogP contribution in [-0.2, 0) is 11.8 Å². The first-order valence-corrected chi connectivity index (χ1v) is 8.66. The van der Waals surface area contributed by atoms with E-state index in [0.29, 0.717) is 11.5 Å². The number of alkyl halides is 3. The summed E-state index contributed by atoms with van der Waals surface area (Å²) < 4.78 is 75.3. The fourth-order valence-electron chi connectivity index (χ4n) is 2.78. The molecule has 2 rings (SSSR count). The molecule has 2 N–H and O–H groups in total. The van der Waals surface area contributed by atoms with Gasteiger partial charge in [-0.25, -0.2) is 4.39 Å². The van der Waals surface area contributed by atoms with Crippen LogP contribution in [0.4, 0.5) is 23.2 Å². The minimum atomic E-state index is -4.85. The molecule has 0 aliphatic carbocycles. The summed E-state index contributed by atoms with van der Waals surface area (Å²) in [4.78, 5) is 37.8. The van der Waals surface area contributed by atoms with Gasteiger partial charge in [0, 0.05) is 22.5 Å². The molecule has 1 atom stereocenters. The number of Topliss-reactive ketones (excluding diaryl/α,β-unsaturated/α-hetero) is 1. The predicted octanol–water partition coefficient (Wildman–Crippen LogP) is 3.15. The van der Waals surface area contributed by atoms with Gasteiger partial charge in [0.2, 0.25) is 0 Å². The average Bonchev–Trinajstić information content (AvgIpc) is 2.98. The molecule has 0 bridgehead atoms. The summed E-state index contributed by atoms with van der Waals surface area (Å²) in [6, 6.07) is 2.27. The molecule has 2 aromatic rings. The summed E-state index contributed by atoms with van der Waals surface area (Å²) in [5, 5.41) is 12.7. The van der Waals surface area contributed by atoms with Crippen molar-refractivity contribution in [1.82, 2.24) is 9.88 Å². The number of nitriles is 1. The maximum absolute atomic E-state index is 13.5. The van der Waals surface area contributed by atoms with E-state index in [9.17, 15) is 31.9 Å². The molecule has 0 saturated carbocycles. The van der Waals surface area contributed by atoms with Gasteiger partial charge in [-0.15, -0.1) is 0 Å². The van der Waals surface area contributed by atoms with Crippen LogP contribution in [0, 0.1) is 31.0 Å². The number of amides is 2. The van der Waals surface area contributed by atoms with Crippen molar-refractivity contribution in [1.29, 1.82) is 5.26 Å². The molecule has 1 aromatic carbocycles. The lowest BCUT2D eigenvalue weighted by molar-refractivity contribution is -0.156. The number of benzene rings is 1. The summed E-state index contributed by atoms with van der Waals surface area (Å²) in [5.41, 5.74) is -2.05. The Balaban J connectivity index is 2.54. The summed E-state index contributed by atoms with van der Waals surface area (Å²) in [6.07, 6.45) is -4.85. The predicted molar refractivity (Wildman–Crippen MR) is 102 cm³/mol. The van der Waals surface area contributed by atoms with Gasteiger partial charge in [-0.2, -0.15) is 18.4 Å². The molecule has 0 unspecified atom stereocenters. The van der Waals surface area contributed by atoms with E-state index in [2.05, 4.69) is 5.32 Å². The van der Waals surface area contributed by atoms with Gasteiger partial charge >= 0.3 is 6.18 Å². The molecule has 0 radical (unpaired) electrons. The fraction of sp³-hybridized carbons (Fsp3) is 0.300. The Morgan fingerprint density at radius 3 is 2.45 bits per heavy atom. The van der Waals surface area contributed by atoms with E-state index in [1.165, 1.54) is 12.2 Å². The third-order valence-corrected chi connectivity index (χ3v) is 4.48. The van der Waals surface area contributed by atoms with E-state index < -0.39 is 48.3 Å². The number of rotatable bonds is 5. The quantitative estimate of drug-likeness (QED) is 0.423. The molecule has 1 heterocycles. The van der Waals surface area contributed by atoms with Crippen LogP contribution in [0.1, 0.15) is 48.7 Å². The highest BCUT2D eigenvalue weighted by Gasteiger charge is 2.39. The van der Waals surface area contributed by atoms with Crippen molar-refractivity contribution in [2.75, 3.05) is 5.32 Å². The van der Waals surface area contributed by atoms with Gasteiger partial charge < -0.3 is 15.2 Å². The minimum absolute atomic E-state index is 0.0204. The van der Waals surface area contributed by atoms with Crippen molar-refractivity contribution in [3.63, 3.8) is 0 Å². The Hall–Kier alpha value is -3.68. The van der Waals surface area contributed by atoms with Crippen molar-refractivity contribution in [2.45, 2.75) is 33.0 Å². The fourth-order valence-corrected chi connectivity index (χ4v) is 2.78. The zero-order chi connectivity index (χ0) is 26.2. The van der Waals surface area contributed by atoms with Crippen LogP contribution >= 0.6 is 0 Å².